The van der Waals surface area contributed by atoms with Crippen molar-refractivity contribution in [1.29, 1.82) is 0 Å². The third-order valence-corrected chi connectivity index (χ3v) is 4.88. The molecule has 4 rings (SSSR count). The second-order valence-corrected chi connectivity index (χ2v) is 7.21. The average Bonchev–Trinajstić information content (AvgIpc) is 3.39. The Balaban J connectivity index is 1.72. The van der Waals surface area contributed by atoms with Gasteiger partial charge < -0.3 is 14.8 Å². The molecule has 0 atom stereocenters. The monoisotopic (exact) mass is 403 g/mol. The molecule has 0 spiro atoms. The molecule has 0 bridgehead atoms. The smallest absolute Gasteiger partial charge is 0.261 e. The van der Waals surface area contributed by atoms with Crippen LogP contribution >= 0.6 is 0 Å². The molecule has 2 aromatic carbocycles. The van der Waals surface area contributed by atoms with E-state index in [1.54, 1.807) is 16.8 Å². The van der Waals surface area contributed by atoms with Gasteiger partial charge in [0, 0.05) is 37.9 Å². The van der Waals surface area contributed by atoms with Gasteiger partial charge >= 0.3 is 0 Å². The fraction of sp³-hybridized carbons (Fsp3) is 0.130. The van der Waals surface area contributed by atoms with Crippen molar-refractivity contribution >= 4 is 17.3 Å². The van der Waals surface area contributed by atoms with Crippen LogP contribution in [0.15, 0.2) is 73.2 Å². The zero-order chi connectivity index (χ0) is 21.3. The molecule has 0 aliphatic rings. The fourth-order valence-electron chi connectivity index (χ4n) is 3.25. The molecule has 0 saturated carbocycles. The molecule has 1 N–H and O–H groups in total. The lowest BCUT2D eigenvalue weighted by Crippen LogP contribution is -2.16. The Morgan fingerprint density at radius 2 is 1.77 bits per heavy atom. The van der Waals surface area contributed by atoms with E-state index < -0.39 is 0 Å². The molecule has 152 valence electrons. The van der Waals surface area contributed by atoms with Crippen molar-refractivity contribution in [2.45, 2.75) is 6.92 Å². The number of nitrogens with one attached hydrogen (secondary N) is 1. The Hall–Kier alpha value is -3.87. The van der Waals surface area contributed by atoms with E-state index in [-0.39, 0.29) is 11.7 Å². The second-order valence-electron chi connectivity index (χ2n) is 7.21. The van der Waals surface area contributed by atoms with Gasteiger partial charge in [-0.15, -0.1) is 0 Å². The van der Waals surface area contributed by atoms with Gasteiger partial charge in [0.15, 0.2) is 5.82 Å². The lowest BCUT2D eigenvalue weighted by atomic mass is 10.1. The summed E-state index contributed by atoms with van der Waals surface area (Å²) in [5.74, 6) is -0.0255. The number of aryl methyl sites for hydroxylation is 1. The molecule has 0 saturated heterocycles. The highest BCUT2D eigenvalue weighted by Gasteiger charge is 2.20. The van der Waals surface area contributed by atoms with E-state index in [1.165, 1.54) is 18.3 Å². The number of carbonyl (C=O) groups excluding carboxylic acids is 1. The van der Waals surface area contributed by atoms with Crippen LogP contribution in [-0.4, -0.2) is 34.4 Å². The van der Waals surface area contributed by atoms with Crippen LogP contribution in [0.1, 0.15) is 15.9 Å². The van der Waals surface area contributed by atoms with Crippen molar-refractivity contribution in [3.63, 3.8) is 0 Å². The summed E-state index contributed by atoms with van der Waals surface area (Å²) in [6.07, 6.45) is 5.20. The van der Waals surface area contributed by atoms with E-state index in [1.807, 2.05) is 73.2 Å². The van der Waals surface area contributed by atoms with Crippen LogP contribution in [0.2, 0.25) is 0 Å². The van der Waals surface area contributed by atoms with Crippen LogP contribution in [0.3, 0.4) is 0 Å². The Bertz CT molecular complexity index is 1180. The highest BCUT2D eigenvalue weighted by atomic mass is 19.1. The number of aromatic nitrogens is 3. The summed E-state index contributed by atoms with van der Waals surface area (Å²) in [6.45, 7) is 1.96. The van der Waals surface area contributed by atoms with Crippen LogP contribution in [0, 0.1) is 12.7 Å². The lowest BCUT2D eigenvalue weighted by molar-refractivity contribution is 0.102. The standard InChI is InChI=1S/C23H22FN5O/c1-16-14-19(27(2)3)10-11-21(16)26-22(30)20-15-25-29(18-8-6-17(24)7-9-18)23(20)28-12-4-5-13-28/h4-15H,1-3H3,(H,26,30). The van der Waals surface area contributed by atoms with Crippen LogP contribution in [-0.2, 0) is 0 Å². The van der Waals surface area contributed by atoms with Gasteiger partial charge in [-0.05, 0) is 67.1 Å². The van der Waals surface area contributed by atoms with Crippen molar-refractivity contribution in [3.8, 4) is 11.5 Å². The number of carbonyl (C=O) groups is 1. The van der Waals surface area contributed by atoms with E-state index in [2.05, 4.69) is 10.4 Å². The largest absolute Gasteiger partial charge is 0.378 e. The normalized spacial score (nSPS) is 10.8. The van der Waals surface area contributed by atoms with E-state index in [4.69, 9.17) is 0 Å². The first-order valence-corrected chi connectivity index (χ1v) is 9.50. The molecule has 7 heteroatoms. The average molecular weight is 403 g/mol. The van der Waals surface area contributed by atoms with Gasteiger partial charge in [0.2, 0.25) is 0 Å². The van der Waals surface area contributed by atoms with Gasteiger partial charge in [0.05, 0.1) is 11.9 Å². The van der Waals surface area contributed by atoms with Crippen molar-refractivity contribution in [3.05, 3.63) is 90.1 Å². The molecule has 2 heterocycles. The van der Waals surface area contributed by atoms with Crippen LogP contribution < -0.4 is 10.2 Å². The number of halogens is 1. The molecule has 30 heavy (non-hydrogen) atoms. The summed E-state index contributed by atoms with van der Waals surface area (Å²) in [5, 5.41) is 7.39. The van der Waals surface area contributed by atoms with E-state index in [0.717, 1.165) is 16.9 Å². The molecule has 0 aliphatic heterocycles. The van der Waals surface area contributed by atoms with Gasteiger partial charge in [-0.3, -0.25) is 4.79 Å². The zero-order valence-electron chi connectivity index (χ0n) is 17.0. The maximum Gasteiger partial charge on any atom is 0.261 e. The minimum atomic E-state index is -0.331. The predicted molar refractivity (Wildman–Crippen MR) is 116 cm³/mol. The maximum atomic E-state index is 13.4. The zero-order valence-corrected chi connectivity index (χ0v) is 17.0. The van der Waals surface area contributed by atoms with E-state index >= 15 is 0 Å². The molecule has 6 nitrogen and oxygen atoms in total. The number of hydrogen-bond donors (Lipinski definition) is 1. The molecule has 0 unspecified atom stereocenters. The van der Waals surface area contributed by atoms with Gasteiger partial charge in [-0.2, -0.15) is 5.10 Å². The molecular formula is C23H22FN5O. The SMILES string of the molecule is Cc1cc(N(C)C)ccc1NC(=O)c1cnn(-c2ccc(F)cc2)c1-n1cccc1. The van der Waals surface area contributed by atoms with E-state index in [0.29, 0.717) is 17.1 Å². The third-order valence-electron chi connectivity index (χ3n) is 4.88. The van der Waals surface area contributed by atoms with Crippen molar-refractivity contribution < 1.29 is 9.18 Å². The topological polar surface area (TPSA) is 55.1 Å². The summed E-state index contributed by atoms with van der Waals surface area (Å²) in [6, 6.07) is 15.6. The summed E-state index contributed by atoms with van der Waals surface area (Å²) < 4.78 is 16.8. The number of amides is 1. The highest BCUT2D eigenvalue weighted by Crippen LogP contribution is 2.24. The highest BCUT2D eigenvalue weighted by molar-refractivity contribution is 6.06. The van der Waals surface area contributed by atoms with Crippen LogP contribution in [0.4, 0.5) is 15.8 Å². The molecule has 0 fully saturated rings. The third kappa shape index (κ3) is 3.69. The second kappa shape index (κ2) is 7.87. The summed E-state index contributed by atoms with van der Waals surface area (Å²) in [7, 11) is 3.94. The van der Waals surface area contributed by atoms with E-state index in [9.17, 15) is 9.18 Å². The van der Waals surface area contributed by atoms with Crippen molar-refractivity contribution in [2.75, 3.05) is 24.3 Å². The van der Waals surface area contributed by atoms with Crippen molar-refractivity contribution in [2.24, 2.45) is 0 Å². The predicted octanol–water partition coefficient (Wildman–Crippen LogP) is 4.43. The Morgan fingerprint density at radius 1 is 1.07 bits per heavy atom. The minimum Gasteiger partial charge on any atom is -0.378 e. The Labute approximate surface area is 174 Å². The van der Waals surface area contributed by atoms with Gasteiger partial charge in [-0.1, -0.05) is 0 Å². The number of nitrogens with zero attached hydrogens (tertiary/aromatic N) is 4. The van der Waals surface area contributed by atoms with Gasteiger partial charge in [-0.25, -0.2) is 9.07 Å². The summed E-state index contributed by atoms with van der Waals surface area (Å²) in [4.78, 5) is 15.2. The first kappa shape index (κ1) is 19.4. The quantitative estimate of drug-likeness (QED) is 0.536. The fourth-order valence-corrected chi connectivity index (χ4v) is 3.25. The molecule has 1 amide bonds. The molecular weight excluding hydrogens is 381 g/mol. The van der Waals surface area contributed by atoms with Gasteiger partial charge in [0.25, 0.3) is 5.91 Å². The Morgan fingerprint density at radius 3 is 2.40 bits per heavy atom. The summed E-state index contributed by atoms with van der Waals surface area (Å²) in [5.41, 5.74) is 3.82. The first-order chi connectivity index (χ1) is 14.4. The number of rotatable bonds is 5. The first-order valence-electron chi connectivity index (χ1n) is 9.50. The molecule has 0 radical (unpaired) electrons. The number of benzene rings is 2. The molecule has 4 aromatic rings. The molecule has 2 aromatic heterocycles. The number of hydrogen-bond acceptors (Lipinski definition) is 3. The van der Waals surface area contributed by atoms with Gasteiger partial charge in [0.1, 0.15) is 11.4 Å². The van der Waals surface area contributed by atoms with Crippen LogP contribution in [0.25, 0.3) is 11.5 Å². The maximum absolute atomic E-state index is 13.4. The number of anilines is 2. The lowest BCUT2D eigenvalue weighted by Gasteiger charge is -2.16. The van der Waals surface area contributed by atoms with Crippen LogP contribution in [0.5, 0.6) is 0 Å². The summed E-state index contributed by atoms with van der Waals surface area (Å²) >= 11 is 0. The Kier molecular flexibility index (Phi) is 5.10. The van der Waals surface area contributed by atoms with Crippen molar-refractivity contribution in [1.82, 2.24) is 14.3 Å². The molecule has 0 aliphatic carbocycles. The minimum absolute atomic E-state index is 0.271.